The minimum Gasteiger partial charge on any atom is -0.302 e. The number of amides is 2. The number of aromatic nitrogens is 1. The summed E-state index contributed by atoms with van der Waals surface area (Å²) in [6.45, 7) is 5.10. The number of nitrogens with one attached hydrogen (secondary N) is 2. The number of aryl methyl sites for hydroxylation is 2. The summed E-state index contributed by atoms with van der Waals surface area (Å²) < 4.78 is 0. The number of carbonyl (C=O) groups excluding carboxylic acids is 2. The Kier molecular flexibility index (Phi) is 5.00. The fourth-order valence-electron chi connectivity index (χ4n) is 1.68. The molecule has 2 rings (SSSR count). The summed E-state index contributed by atoms with van der Waals surface area (Å²) >= 11 is 1.12. The molecule has 22 heavy (non-hydrogen) atoms. The van der Waals surface area contributed by atoms with Gasteiger partial charge < -0.3 is 5.32 Å². The summed E-state index contributed by atoms with van der Waals surface area (Å²) in [5, 5.41) is 6.88. The number of hydrogen-bond donors (Lipinski definition) is 2. The maximum absolute atomic E-state index is 12.0. The van der Waals surface area contributed by atoms with Crippen LogP contribution in [-0.4, -0.2) is 23.0 Å². The van der Waals surface area contributed by atoms with E-state index >= 15 is 0 Å². The van der Waals surface area contributed by atoms with Gasteiger partial charge in [0.25, 0.3) is 5.91 Å². The molecule has 0 fully saturated rings. The van der Waals surface area contributed by atoms with Gasteiger partial charge in [0.15, 0.2) is 5.13 Å². The fraction of sp³-hybridized carbons (Fsp3) is 0.200. The van der Waals surface area contributed by atoms with Gasteiger partial charge in [-0.05, 0) is 19.4 Å². The van der Waals surface area contributed by atoms with Gasteiger partial charge in [-0.2, -0.15) is 5.10 Å². The third kappa shape index (κ3) is 4.23. The van der Waals surface area contributed by atoms with Crippen molar-refractivity contribution >= 4 is 34.5 Å². The van der Waals surface area contributed by atoms with E-state index in [1.807, 2.05) is 31.2 Å². The Morgan fingerprint density at radius 3 is 2.55 bits per heavy atom. The van der Waals surface area contributed by atoms with Crippen molar-refractivity contribution < 1.29 is 9.59 Å². The van der Waals surface area contributed by atoms with Crippen LogP contribution in [0.1, 0.15) is 33.4 Å². The second-order valence-electron chi connectivity index (χ2n) is 4.72. The standard InChI is InChI=1S/C15H16N4O2S/c1-9-4-6-12(7-5-9)8-16-19-14(21)13-10(2)17-15(22-13)18-11(3)20/h4-8H,1-3H3,(H,19,21)(H,17,18,20)/b16-8+. The zero-order chi connectivity index (χ0) is 16.1. The molecule has 114 valence electrons. The van der Waals surface area contributed by atoms with Crippen molar-refractivity contribution in [1.82, 2.24) is 10.4 Å². The number of anilines is 1. The molecular weight excluding hydrogens is 300 g/mol. The minimum atomic E-state index is -0.352. The highest BCUT2D eigenvalue weighted by molar-refractivity contribution is 7.17. The lowest BCUT2D eigenvalue weighted by Gasteiger charge is -1.97. The van der Waals surface area contributed by atoms with Gasteiger partial charge in [-0.25, -0.2) is 10.4 Å². The van der Waals surface area contributed by atoms with Crippen molar-refractivity contribution in [2.24, 2.45) is 5.10 Å². The molecule has 1 aromatic carbocycles. The second kappa shape index (κ2) is 6.95. The number of benzene rings is 1. The Morgan fingerprint density at radius 2 is 1.91 bits per heavy atom. The third-order valence-electron chi connectivity index (χ3n) is 2.74. The average Bonchev–Trinajstić information content (AvgIpc) is 2.81. The molecule has 7 heteroatoms. The topological polar surface area (TPSA) is 83.5 Å². The van der Waals surface area contributed by atoms with E-state index in [1.54, 1.807) is 13.1 Å². The van der Waals surface area contributed by atoms with E-state index in [9.17, 15) is 9.59 Å². The zero-order valence-corrected chi connectivity index (χ0v) is 13.3. The zero-order valence-electron chi connectivity index (χ0n) is 12.5. The van der Waals surface area contributed by atoms with Crippen LogP contribution < -0.4 is 10.7 Å². The fourth-order valence-corrected chi connectivity index (χ4v) is 2.58. The summed E-state index contributed by atoms with van der Waals surface area (Å²) in [6, 6.07) is 7.77. The summed E-state index contributed by atoms with van der Waals surface area (Å²) in [7, 11) is 0. The molecule has 1 heterocycles. The van der Waals surface area contributed by atoms with E-state index in [2.05, 4.69) is 20.8 Å². The van der Waals surface area contributed by atoms with Crippen molar-refractivity contribution in [3.05, 3.63) is 46.0 Å². The van der Waals surface area contributed by atoms with E-state index in [0.717, 1.165) is 22.5 Å². The number of hydrogen-bond acceptors (Lipinski definition) is 5. The molecule has 0 aliphatic carbocycles. The van der Waals surface area contributed by atoms with Crippen molar-refractivity contribution in [3.8, 4) is 0 Å². The largest absolute Gasteiger partial charge is 0.302 e. The number of thiazole rings is 1. The quantitative estimate of drug-likeness (QED) is 0.671. The van der Waals surface area contributed by atoms with Crippen LogP contribution in [-0.2, 0) is 4.79 Å². The first kappa shape index (κ1) is 15.8. The summed E-state index contributed by atoms with van der Waals surface area (Å²) in [4.78, 5) is 27.6. The normalized spacial score (nSPS) is 10.7. The lowest BCUT2D eigenvalue weighted by atomic mass is 10.2. The maximum atomic E-state index is 12.0. The first-order chi connectivity index (χ1) is 10.5. The van der Waals surface area contributed by atoms with E-state index in [0.29, 0.717) is 15.7 Å². The predicted octanol–water partition coefficient (Wildman–Crippen LogP) is 2.48. The second-order valence-corrected chi connectivity index (χ2v) is 5.72. The van der Waals surface area contributed by atoms with Gasteiger partial charge in [-0.3, -0.25) is 9.59 Å². The van der Waals surface area contributed by atoms with Gasteiger partial charge in [-0.15, -0.1) is 0 Å². The highest BCUT2D eigenvalue weighted by Gasteiger charge is 2.15. The van der Waals surface area contributed by atoms with Crippen LogP contribution in [0.5, 0.6) is 0 Å². The molecule has 2 N–H and O–H groups in total. The molecule has 0 radical (unpaired) electrons. The molecule has 0 atom stereocenters. The van der Waals surface area contributed by atoms with Crippen molar-refractivity contribution in [3.63, 3.8) is 0 Å². The predicted molar refractivity (Wildman–Crippen MR) is 87.4 cm³/mol. The van der Waals surface area contributed by atoms with Crippen LogP contribution >= 0.6 is 11.3 Å². The van der Waals surface area contributed by atoms with Gasteiger partial charge in [0.1, 0.15) is 4.88 Å². The molecule has 0 aliphatic rings. The molecule has 0 bridgehead atoms. The van der Waals surface area contributed by atoms with Crippen molar-refractivity contribution in [2.45, 2.75) is 20.8 Å². The molecule has 2 aromatic rings. The highest BCUT2D eigenvalue weighted by Crippen LogP contribution is 2.22. The number of carbonyl (C=O) groups is 2. The molecule has 2 amide bonds. The summed E-state index contributed by atoms with van der Waals surface area (Å²) in [5.74, 6) is -0.576. The number of rotatable bonds is 4. The molecule has 0 unspecified atom stereocenters. The van der Waals surface area contributed by atoms with Crippen LogP contribution in [0.2, 0.25) is 0 Å². The number of nitrogens with zero attached hydrogens (tertiary/aromatic N) is 2. The van der Waals surface area contributed by atoms with Crippen LogP contribution in [0, 0.1) is 13.8 Å². The smallest absolute Gasteiger partial charge is 0.283 e. The molecule has 6 nitrogen and oxygen atoms in total. The van der Waals surface area contributed by atoms with Crippen LogP contribution in [0.3, 0.4) is 0 Å². The van der Waals surface area contributed by atoms with Gasteiger partial charge in [0.2, 0.25) is 5.91 Å². The van der Waals surface area contributed by atoms with Crippen LogP contribution in [0.4, 0.5) is 5.13 Å². The highest BCUT2D eigenvalue weighted by atomic mass is 32.1. The molecule has 0 aliphatic heterocycles. The van der Waals surface area contributed by atoms with Crippen LogP contribution in [0.15, 0.2) is 29.4 Å². The molecule has 0 spiro atoms. The lowest BCUT2D eigenvalue weighted by molar-refractivity contribution is -0.114. The SMILES string of the molecule is CC(=O)Nc1nc(C)c(C(=O)N/N=C/c2ccc(C)cc2)s1. The molecule has 0 saturated heterocycles. The molecule has 1 aromatic heterocycles. The van der Waals surface area contributed by atoms with E-state index in [4.69, 9.17) is 0 Å². The van der Waals surface area contributed by atoms with Crippen molar-refractivity contribution in [1.29, 1.82) is 0 Å². The number of hydrazone groups is 1. The Balaban J connectivity index is 2.01. The van der Waals surface area contributed by atoms with Crippen LogP contribution in [0.25, 0.3) is 0 Å². The van der Waals surface area contributed by atoms with Gasteiger partial charge >= 0.3 is 0 Å². The van der Waals surface area contributed by atoms with Crippen molar-refractivity contribution in [2.75, 3.05) is 5.32 Å². The maximum Gasteiger partial charge on any atom is 0.283 e. The molecule has 0 saturated carbocycles. The van der Waals surface area contributed by atoms with Gasteiger partial charge in [-0.1, -0.05) is 41.2 Å². The lowest BCUT2D eigenvalue weighted by Crippen LogP contribution is -2.17. The Morgan fingerprint density at radius 1 is 1.23 bits per heavy atom. The van der Waals surface area contributed by atoms with E-state index < -0.39 is 0 Å². The van der Waals surface area contributed by atoms with E-state index in [1.165, 1.54) is 6.92 Å². The first-order valence-corrected chi connectivity index (χ1v) is 7.42. The summed E-state index contributed by atoms with van der Waals surface area (Å²) in [5.41, 5.74) is 5.06. The first-order valence-electron chi connectivity index (χ1n) is 6.61. The van der Waals surface area contributed by atoms with Gasteiger partial charge in [0.05, 0.1) is 11.9 Å². The molecular formula is C15H16N4O2S. The van der Waals surface area contributed by atoms with E-state index in [-0.39, 0.29) is 11.8 Å². The Hall–Kier alpha value is -2.54. The Labute approximate surface area is 132 Å². The minimum absolute atomic E-state index is 0.224. The Bertz CT molecular complexity index is 720. The summed E-state index contributed by atoms with van der Waals surface area (Å²) in [6.07, 6.45) is 1.57. The average molecular weight is 316 g/mol. The van der Waals surface area contributed by atoms with Gasteiger partial charge in [0, 0.05) is 6.92 Å². The monoisotopic (exact) mass is 316 g/mol. The third-order valence-corrected chi connectivity index (χ3v) is 3.81.